The molecule has 0 saturated carbocycles. The van der Waals surface area contributed by atoms with Gasteiger partial charge in [0.05, 0.1) is 13.0 Å². The van der Waals surface area contributed by atoms with Gasteiger partial charge >= 0.3 is 12.1 Å². The second-order valence-corrected chi connectivity index (χ2v) is 4.99. The van der Waals surface area contributed by atoms with Crippen LogP contribution in [0.15, 0.2) is 11.6 Å². The van der Waals surface area contributed by atoms with Crippen molar-refractivity contribution in [1.82, 2.24) is 0 Å². The zero-order chi connectivity index (χ0) is 13.0. The van der Waals surface area contributed by atoms with Gasteiger partial charge in [-0.1, -0.05) is 34.8 Å². The quantitative estimate of drug-likeness (QED) is 0.450. The normalized spacial score (nSPS) is 13.8. The molecule has 0 spiro atoms. The van der Waals surface area contributed by atoms with E-state index in [1.54, 1.807) is 0 Å². The molecule has 0 aliphatic heterocycles. The topological polar surface area (TPSA) is 26.3 Å². The number of esters is 1. The molecule has 0 radical (unpaired) electrons. The van der Waals surface area contributed by atoms with Gasteiger partial charge in [0.25, 0.3) is 0 Å². The number of carbonyl (C=O) groups is 1. The van der Waals surface area contributed by atoms with Crippen molar-refractivity contribution < 1.29 is 22.7 Å². The number of halogens is 6. The van der Waals surface area contributed by atoms with Gasteiger partial charge in [-0.25, -0.2) is 4.79 Å². The number of carbonyl (C=O) groups excluding carboxylic acids is 1. The minimum atomic E-state index is -4.57. The number of rotatable bonds is 3. The summed E-state index contributed by atoms with van der Waals surface area (Å²) in [6.07, 6.45) is -5.51. The first kappa shape index (κ1) is 15.9. The van der Waals surface area contributed by atoms with Gasteiger partial charge in [-0.05, 0) is 12.5 Å². The second kappa shape index (κ2) is 5.98. The lowest BCUT2D eigenvalue weighted by Gasteiger charge is -2.17. The van der Waals surface area contributed by atoms with Gasteiger partial charge < -0.3 is 4.74 Å². The predicted molar refractivity (Wildman–Crippen MR) is 55.7 cm³/mol. The molecule has 0 aromatic carbocycles. The molecule has 0 unspecified atom stereocenters. The number of hydrogen-bond acceptors (Lipinski definition) is 2. The third kappa shape index (κ3) is 7.19. The molecule has 0 bridgehead atoms. The Labute approximate surface area is 105 Å². The maximum Gasteiger partial charge on any atom is 0.392 e. The molecular formula is C8H8Cl3F3O2. The van der Waals surface area contributed by atoms with Crippen LogP contribution in [0.4, 0.5) is 13.2 Å². The summed E-state index contributed by atoms with van der Waals surface area (Å²) < 4.78 is 38.4. The van der Waals surface area contributed by atoms with Crippen molar-refractivity contribution in [2.24, 2.45) is 0 Å². The Kier molecular flexibility index (Phi) is 5.93. The van der Waals surface area contributed by atoms with Gasteiger partial charge in [0.15, 0.2) is 0 Å². The minimum absolute atomic E-state index is 0.0223. The van der Waals surface area contributed by atoms with Crippen LogP contribution in [0.3, 0.4) is 0 Å². The molecule has 0 aliphatic carbocycles. The third-order valence-electron chi connectivity index (χ3n) is 1.33. The lowest BCUT2D eigenvalue weighted by Crippen LogP contribution is -2.18. The average molecular weight is 300 g/mol. The zero-order valence-corrected chi connectivity index (χ0v) is 10.3. The first-order valence-corrected chi connectivity index (χ1v) is 5.21. The van der Waals surface area contributed by atoms with Crippen molar-refractivity contribution in [3.63, 3.8) is 0 Å². The fourth-order valence-corrected chi connectivity index (χ4v) is 1.14. The fourth-order valence-electron chi connectivity index (χ4n) is 0.775. The number of alkyl halides is 6. The SMILES string of the molecule is CCOC(=O)/C=C(\CC(F)(F)F)C(Cl)(Cl)Cl. The van der Waals surface area contributed by atoms with E-state index in [1.165, 1.54) is 6.92 Å². The molecule has 0 rings (SSSR count). The van der Waals surface area contributed by atoms with Gasteiger partial charge in [-0.2, -0.15) is 13.2 Å². The van der Waals surface area contributed by atoms with Crippen molar-refractivity contribution in [3.05, 3.63) is 11.6 Å². The number of hydrogen-bond donors (Lipinski definition) is 0. The Hall–Kier alpha value is -0.130. The molecule has 0 heterocycles. The Balaban J connectivity index is 4.89. The smallest absolute Gasteiger partial charge is 0.392 e. The van der Waals surface area contributed by atoms with Gasteiger partial charge in [0.2, 0.25) is 3.79 Å². The van der Waals surface area contributed by atoms with Crippen LogP contribution in [0.25, 0.3) is 0 Å². The van der Waals surface area contributed by atoms with Gasteiger partial charge in [0.1, 0.15) is 0 Å². The van der Waals surface area contributed by atoms with E-state index in [0.717, 1.165) is 0 Å². The van der Waals surface area contributed by atoms with Crippen LogP contribution in [0.5, 0.6) is 0 Å². The van der Waals surface area contributed by atoms with Crippen LogP contribution in [0.2, 0.25) is 0 Å². The molecule has 0 aliphatic rings. The summed E-state index contributed by atoms with van der Waals surface area (Å²) in [6, 6.07) is 0. The van der Waals surface area contributed by atoms with Crippen molar-refractivity contribution in [2.75, 3.05) is 6.61 Å². The predicted octanol–water partition coefficient (Wildman–Crippen LogP) is 3.80. The van der Waals surface area contributed by atoms with Crippen LogP contribution in [-0.2, 0) is 9.53 Å². The highest BCUT2D eigenvalue weighted by Crippen LogP contribution is 2.40. The van der Waals surface area contributed by atoms with Crippen LogP contribution in [0, 0.1) is 0 Å². The summed E-state index contributed by atoms with van der Waals surface area (Å²) in [4.78, 5) is 10.9. The molecule has 0 N–H and O–H groups in total. The van der Waals surface area contributed by atoms with Gasteiger partial charge in [0, 0.05) is 6.08 Å². The highest BCUT2D eigenvalue weighted by atomic mass is 35.6. The van der Waals surface area contributed by atoms with E-state index in [0.29, 0.717) is 6.08 Å². The van der Waals surface area contributed by atoms with Crippen LogP contribution >= 0.6 is 34.8 Å². The molecule has 8 heteroatoms. The standard InChI is InChI=1S/C8H8Cl3F3O2/c1-2-16-6(15)3-5(8(9,10)11)4-7(12,13)14/h3H,2,4H2,1H3/b5-3+. The Morgan fingerprint density at radius 1 is 1.31 bits per heavy atom. The molecule has 2 nitrogen and oxygen atoms in total. The van der Waals surface area contributed by atoms with E-state index >= 15 is 0 Å². The second-order valence-electron chi connectivity index (χ2n) is 2.71. The van der Waals surface area contributed by atoms with Crippen LogP contribution < -0.4 is 0 Å². The van der Waals surface area contributed by atoms with E-state index in [2.05, 4.69) is 4.74 Å². The van der Waals surface area contributed by atoms with Crippen LogP contribution in [-0.4, -0.2) is 22.5 Å². The van der Waals surface area contributed by atoms with E-state index in [-0.39, 0.29) is 6.61 Å². The Morgan fingerprint density at radius 3 is 2.12 bits per heavy atom. The van der Waals surface area contributed by atoms with Crippen LogP contribution in [0.1, 0.15) is 13.3 Å². The molecule has 16 heavy (non-hydrogen) atoms. The molecule has 0 saturated heterocycles. The van der Waals surface area contributed by atoms with Crippen molar-refractivity contribution in [1.29, 1.82) is 0 Å². The van der Waals surface area contributed by atoms with Gasteiger partial charge in [-0.15, -0.1) is 0 Å². The first-order chi connectivity index (χ1) is 7.06. The highest BCUT2D eigenvalue weighted by Gasteiger charge is 2.37. The maximum atomic E-state index is 12.1. The molecular weight excluding hydrogens is 291 g/mol. The summed E-state index contributed by atoms with van der Waals surface area (Å²) in [5.41, 5.74) is -0.677. The van der Waals surface area contributed by atoms with Crippen molar-refractivity contribution in [3.8, 4) is 0 Å². The Bertz CT molecular complexity index is 281. The highest BCUT2D eigenvalue weighted by molar-refractivity contribution is 6.69. The average Bonchev–Trinajstić information content (AvgIpc) is 1.98. The van der Waals surface area contributed by atoms with E-state index < -0.39 is 27.9 Å². The summed E-state index contributed by atoms with van der Waals surface area (Å²) in [5.74, 6) is -0.979. The lowest BCUT2D eigenvalue weighted by molar-refractivity contribution is -0.137. The molecule has 94 valence electrons. The summed E-state index contributed by atoms with van der Waals surface area (Å²) in [5, 5.41) is 0. The van der Waals surface area contributed by atoms with E-state index in [4.69, 9.17) is 34.8 Å². The van der Waals surface area contributed by atoms with E-state index in [9.17, 15) is 18.0 Å². The van der Waals surface area contributed by atoms with Gasteiger partial charge in [-0.3, -0.25) is 0 Å². The maximum absolute atomic E-state index is 12.1. The molecule has 0 aromatic rings. The lowest BCUT2D eigenvalue weighted by atomic mass is 10.2. The van der Waals surface area contributed by atoms with Crippen molar-refractivity contribution in [2.45, 2.75) is 23.3 Å². The number of ether oxygens (including phenoxy) is 1. The fraction of sp³-hybridized carbons (Fsp3) is 0.625. The molecule has 0 amide bonds. The summed E-state index contributed by atoms with van der Waals surface area (Å²) >= 11 is 15.9. The Morgan fingerprint density at radius 2 is 1.81 bits per heavy atom. The first-order valence-electron chi connectivity index (χ1n) is 4.07. The molecule has 0 atom stereocenters. The third-order valence-corrected chi connectivity index (χ3v) is 2.06. The minimum Gasteiger partial charge on any atom is -0.463 e. The van der Waals surface area contributed by atoms with E-state index in [1.807, 2.05) is 0 Å². The largest absolute Gasteiger partial charge is 0.463 e. The summed E-state index contributed by atoms with van der Waals surface area (Å²) in [7, 11) is 0. The zero-order valence-electron chi connectivity index (χ0n) is 8.08. The molecule has 0 fully saturated rings. The summed E-state index contributed by atoms with van der Waals surface area (Å²) in [6.45, 7) is 1.53. The number of allylic oxidation sites excluding steroid dienone is 1. The van der Waals surface area contributed by atoms with Crippen molar-refractivity contribution >= 4 is 40.8 Å². The molecule has 0 aromatic heterocycles. The monoisotopic (exact) mass is 298 g/mol.